The van der Waals surface area contributed by atoms with Gasteiger partial charge in [-0.05, 0) is 17.2 Å². The van der Waals surface area contributed by atoms with Crippen molar-refractivity contribution in [2.45, 2.75) is 30.8 Å². The molecule has 30 heavy (non-hydrogen) atoms. The van der Waals surface area contributed by atoms with Crippen LogP contribution in [0.2, 0.25) is 0 Å². The van der Waals surface area contributed by atoms with Gasteiger partial charge in [0.15, 0.2) is 9.84 Å². The minimum Gasteiger partial charge on any atom is -0.392 e. The monoisotopic (exact) mass is 436 g/mol. The van der Waals surface area contributed by atoms with Gasteiger partial charge in [0.2, 0.25) is 0 Å². The molecule has 1 amide bonds. The molecule has 3 rings (SSSR count). The number of hydrogen-bond donors (Lipinski definition) is 3. The van der Waals surface area contributed by atoms with Crippen LogP contribution in [-0.4, -0.2) is 48.0 Å². The van der Waals surface area contributed by atoms with Crippen LogP contribution in [0.15, 0.2) is 47.6 Å². The first kappa shape index (κ1) is 21.9. The molecule has 0 saturated carbocycles. The molecule has 3 N–H and O–H groups in total. The summed E-state index contributed by atoms with van der Waals surface area (Å²) >= 11 is 0. The van der Waals surface area contributed by atoms with Gasteiger partial charge in [0.05, 0.1) is 12.3 Å². The summed E-state index contributed by atoms with van der Waals surface area (Å²) < 4.78 is 38.3. The van der Waals surface area contributed by atoms with Crippen LogP contribution in [-0.2, 0) is 26.1 Å². The number of oxime groups is 1. The highest BCUT2D eigenvalue weighted by molar-refractivity contribution is 7.92. The van der Waals surface area contributed by atoms with E-state index in [1.807, 2.05) is 0 Å². The van der Waals surface area contributed by atoms with Crippen LogP contribution >= 0.6 is 0 Å². The Labute approximate surface area is 172 Å². The van der Waals surface area contributed by atoms with Crippen molar-refractivity contribution in [1.29, 1.82) is 0 Å². The topological polar surface area (TPSA) is 125 Å². The van der Waals surface area contributed by atoms with Crippen molar-refractivity contribution >= 4 is 21.5 Å². The summed E-state index contributed by atoms with van der Waals surface area (Å²) in [6.07, 6.45) is 0.181. The van der Waals surface area contributed by atoms with E-state index in [4.69, 9.17) is 15.2 Å². The molecule has 2 aromatic rings. The summed E-state index contributed by atoms with van der Waals surface area (Å²) in [5.74, 6) is -1.51. The molecule has 0 saturated heterocycles. The van der Waals surface area contributed by atoms with Gasteiger partial charge >= 0.3 is 0 Å². The fraction of sp³-hybridized carbons (Fsp3) is 0.300. The zero-order valence-corrected chi connectivity index (χ0v) is 16.9. The minimum absolute atomic E-state index is 0.0944. The average molecular weight is 436 g/mol. The van der Waals surface area contributed by atoms with E-state index in [2.05, 4.69) is 5.16 Å². The lowest BCUT2D eigenvalue weighted by atomic mass is 9.98. The second-order valence-electron chi connectivity index (χ2n) is 7.05. The predicted octanol–water partition coefficient (Wildman–Crippen LogP) is 1.79. The first-order valence-corrected chi connectivity index (χ1v) is 11.0. The Morgan fingerprint density at radius 2 is 1.93 bits per heavy atom. The van der Waals surface area contributed by atoms with Crippen LogP contribution in [0.3, 0.4) is 0 Å². The lowest BCUT2D eigenvalue weighted by molar-refractivity contribution is -0.129. The lowest BCUT2D eigenvalue weighted by Gasteiger charge is -2.16. The van der Waals surface area contributed by atoms with Crippen LogP contribution in [0.1, 0.15) is 24.0 Å². The van der Waals surface area contributed by atoms with Crippen molar-refractivity contribution in [1.82, 2.24) is 5.48 Å². The summed E-state index contributed by atoms with van der Waals surface area (Å²) in [4.78, 5) is 16.9. The summed E-state index contributed by atoms with van der Waals surface area (Å²) in [6, 6.07) is 11.4. The van der Waals surface area contributed by atoms with Gasteiger partial charge in [0.1, 0.15) is 17.2 Å². The molecule has 0 spiro atoms. The summed E-state index contributed by atoms with van der Waals surface area (Å²) in [6.45, 7) is -0.0944. The SMILES string of the molecule is CS(=O)(=O)C(C[C@H]1CC(c2ccc(-c3ccc(CO)cc3)c(F)c2)=NO1)C(=O)NO. The average Bonchev–Trinajstić information content (AvgIpc) is 3.19. The van der Waals surface area contributed by atoms with Gasteiger partial charge in [-0.2, -0.15) is 0 Å². The van der Waals surface area contributed by atoms with Crippen molar-refractivity contribution in [3.8, 4) is 11.1 Å². The van der Waals surface area contributed by atoms with E-state index in [1.54, 1.807) is 36.4 Å². The van der Waals surface area contributed by atoms with Crippen molar-refractivity contribution < 1.29 is 32.8 Å². The van der Waals surface area contributed by atoms with E-state index >= 15 is 0 Å². The van der Waals surface area contributed by atoms with Crippen molar-refractivity contribution in [2.24, 2.45) is 5.16 Å². The number of benzene rings is 2. The molecule has 0 aliphatic carbocycles. The van der Waals surface area contributed by atoms with Crippen LogP contribution in [0.4, 0.5) is 4.39 Å². The first-order valence-electron chi connectivity index (χ1n) is 9.08. The fourth-order valence-electron chi connectivity index (χ4n) is 3.23. The molecule has 0 radical (unpaired) electrons. The number of nitrogens with zero attached hydrogens (tertiary/aromatic N) is 1. The molecular formula is C20H21FN2O6S. The van der Waals surface area contributed by atoms with E-state index in [0.29, 0.717) is 22.4 Å². The van der Waals surface area contributed by atoms with Crippen LogP contribution < -0.4 is 5.48 Å². The third-order valence-electron chi connectivity index (χ3n) is 4.88. The highest BCUT2D eigenvalue weighted by atomic mass is 32.2. The molecule has 1 aliphatic rings. The molecule has 8 nitrogen and oxygen atoms in total. The number of sulfone groups is 1. The van der Waals surface area contributed by atoms with Crippen molar-refractivity contribution in [2.75, 3.05) is 6.26 Å². The Hall–Kier alpha value is -2.82. The van der Waals surface area contributed by atoms with E-state index < -0.39 is 32.9 Å². The lowest BCUT2D eigenvalue weighted by Crippen LogP contribution is -2.40. The molecule has 1 aliphatic heterocycles. The molecule has 1 heterocycles. The summed E-state index contributed by atoms with van der Waals surface area (Å²) in [7, 11) is -3.77. The molecular weight excluding hydrogens is 415 g/mol. The van der Waals surface area contributed by atoms with E-state index in [0.717, 1.165) is 11.8 Å². The maximum absolute atomic E-state index is 14.7. The zero-order chi connectivity index (χ0) is 21.9. The number of hydrogen-bond acceptors (Lipinski definition) is 7. The van der Waals surface area contributed by atoms with Gasteiger partial charge in [0, 0.05) is 30.2 Å². The smallest absolute Gasteiger partial charge is 0.261 e. The molecule has 2 atom stereocenters. The Kier molecular flexibility index (Phi) is 6.49. The Morgan fingerprint density at radius 3 is 2.50 bits per heavy atom. The largest absolute Gasteiger partial charge is 0.392 e. The third kappa shape index (κ3) is 4.84. The Morgan fingerprint density at radius 1 is 1.27 bits per heavy atom. The van der Waals surface area contributed by atoms with Crippen LogP contribution in [0.5, 0.6) is 0 Å². The highest BCUT2D eigenvalue weighted by Gasteiger charge is 2.35. The standard InChI is InChI=1S/C20H21FN2O6S/c1-30(27,28)19(20(25)22-26)10-15-9-18(23-29-15)14-6-7-16(17(21)8-14)13-4-2-12(11-24)3-5-13/h2-8,15,19,24,26H,9-11H2,1H3,(H,22,25)/t15-,19?/m1/s1. The normalized spacial score (nSPS) is 17.2. The fourth-order valence-corrected chi connectivity index (χ4v) is 4.24. The van der Waals surface area contributed by atoms with E-state index in [-0.39, 0.29) is 19.4 Å². The molecule has 1 unspecified atom stereocenters. The quantitative estimate of drug-likeness (QED) is 0.449. The zero-order valence-electron chi connectivity index (χ0n) is 16.1. The van der Waals surface area contributed by atoms with Gasteiger partial charge in [-0.1, -0.05) is 41.6 Å². The number of nitrogens with one attached hydrogen (secondary N) is 1. The number of amides is 1. The Balaban J connectivity index is 1.73. The third-order valence-corrected chi connectivity index (χ3v) is 6.32. The number of carbonyl (C=O) groups is 1. The number of aliphatic hydroxyl groups is 1. The van der Waals surface area contributed by atoms with Crippen LogP contribution in [0, 0.1) is 5.82 Å². The molecule has 0 fully saturated rings. The summed E-state index contributed by atoms with van der Waals surface area (Å²) in [5, 5.41) is 20.3. The Bertz CT molecular complexity index is 1070. The number of carbonyl (C=O) groups excluding carboxylic acids is 1. The van der Waals surface area contributed by atoms with E-state index in [9.17, 15) is 17.6 Å². The second-order valence-corrected chi connectivity index (χ2v) is 9.28. The van der Waals surface area contributed by atoms with Gasteiger partial charge in [-0.25, -0.2) is 18.3 Å². The molecule has 160 valence electrons. The number of aliphatic hydroxyl groups excluding tert-OH is 1. The maximum Gasteiger partial charge on any atom is 0.261 e. The first-order chi connectivity index (χ1) is 14.2. The van der Waals surface area contributed by atoms with E-state index in [1.165, 1.54) is 11.5 Å². The second kappa shape index (κ2) is 8.90. The number of halogens is 1. The molecule has 0 aromatic heterocycles. The molecule has 10 heteroatoms. The molecule has 2 aromatic carbocycles. The minimum atomic E-state index is -3.77. The summed E-state index contributed by atoms with van der Waals surface area (Å²) in [5.41, 5.74) is 4.02. The van der Waals surface area contributed by atoms with Gasteiger partial charge < -0.3 is 9.94 Å². The highest BCUT2D eigenvalue weighted by Crippen LogP contribution is 2.27. The molecule has 0 bridgehead atoms. The number of hydroxylamine groups is 1. The maximum atomic E-state index is 14.7. The number of rotatable bonds is 7. The van der Waals surface area contributed by atoms with Crippen molar-refractivity contribution in [3.63, 3.8) is 0 Å². The van der Waals surface area contributed by atoms with Crippen LogP contribution in [0.25, 0.3) is 11.1 Å². The van der Waals surface area contributed by atoms with Gasteiger partial charge in [-0.15, -0.1) is 0 Å². The predicted molar refractivity (Wildman–Crippen MR) is 107 cm³/mol. The van der Waals surface area contributed by atoms with Gasteiger partial charge in [-0.3, -0.25) is 10.0 Å². The van der Waals surface area contributed by atoms with Gasteiger partial charge in [0.25, 0.3) is 5.91 Å². The van der Waals surface area contributed by atoms with Crippen molar-refractivity contribution in [3.05, 3.63) is 59.4 Å².